The summed E-state index contributed by atoms with van der Waals surface area (Å²) in [5.41, 5.74) is 2.18. The molecule has 1 aromatic rings. The van der Waals surface area contributed by atoms with Gasteiger partial charge in [0.2, 0.25) is 0 Å². The number of benzene rings is 1. The number of hydrogen-bond acceptors (Lipinski definition) is 4. The molecular formula is C18H25N3O. The van der Waals surface area contributed by atoms with Crippen LogP contribution in [-0.4, -0.2) is 36.0 Å². The number of hydrogen-bond donors (Lipinski definition) is 1. The Labute approximate surface area is 132 Å². The van der Waals surface area contributed by atoms with Gasteiger partial charge in [-0.05, 0) is 49.6 Å². The van der Waals surface area contributed by atoms with Crippen molar-refractivity contribution in [3.63, 3.8) is 0 Å². The van der Waals surface area contributed by atoms with Gasteiger partial charge in [0.15, 0.2) is 0 Å². The minimum absolute atomic E-state index is 0.313. The summed E-state index contributed by atoms with van der Waals surface area (Å²) in [4.78, 5) is 9.06. The summed E-state index contributed by atoms with van der Waals surface area (Å²) in [7, 11) is 2.20. The number of nitrogens with zero attached hydrogens (tertiary/aromatic N) is 3. The molecule has 1 aliphatic carbocycles. The van der Waals surface area contributed by atoms with Crippen molar-refractivity contribution in [2.45, 2.75) is 45.1 Å². The Bertz CT molecular complexity index is 588. The molecule has 1 aliphatic heterocycles. The van der Waals surface area contributed by atoms with Crippen molar-refractivity contribution in [1.29, 1.82) is 0 Å². The van der Waals surface area contributed by atoms with Crippen molar-refractivity contribution >= 4 is 11.9 Å². The predicted octanol–water partition coefficient (Wildman–Crippen LogP) is 3.65. The summed E-state index contributed by atoms with van der Waals surface area (Å²) in [6.45, 7) is 2.67. The number of anilines is 1. The van der Waals surface area contributed by atoms with Gasteiger partial charge in [-0.1, -0.05) is 19.3 Å². The molecule has 0 spiro atoms. The Morgan fingerprint density at radius 1 is 1.23 bits per heavy atom. The van der Waals surface area contributed by atoms with Gasteiger partial charge in [-0.25, -0.2) is 0 Å². The van der Waals surface area contributed by atoms with Gasteiger partial charge in [0.1, 0.15) is 18.2 Å². The van der Waals surface area contributed by atoms with Crippen LogP contribution in [0.15, 0.2) is 35.1 Å². The molecule has 1 heterocycles. The van der Waals surface area contributed by atoms with Crippen LogP contribution in [-0.2, 0) is 0 Å². The van der Waals surface area contributed by atoms with E-state index in [1.165, 1.54) is 37.9 Å². The molecule has 1 aromatic carbocycles. The van der Waals surface area contributed by atoms with E-state index in [4.69, 9.17) is 0 Å². The Morgan fingerprint density at radius 2 is 2.00 bits per heavy atom. The van der Waals surface area contributed by atoms with E-state index in [2.05, 4.69) is 27.9 Å². The van der Waals surface area contributed by atoms with Crippen LogP contribution in [0.25, 0.3) is 0 Å². The molecule has 0 unspecified atom stereocenters. The fraction of sp³-hybridized carbons (Fsp3) is 0.500. The Hall–Kier alpha value is -1.97. The Balaban J connectivity index is 1.87. The maximum atomic E-state index is 9.64. The first kappa shape index (κ1) is 14.9. The second kappa shape index (κ2) is 6.42. The monoisotopic (exact) mass is 299 g/mol. The molecule has 2 aliphatic rings. The van der Waals surface area contributed by atoms with E-state index in [9.17, 15) is 5.11 Å². The van der Waals surface area contributed by atoms with Crippen LogP contribution in [0.2, 0.25) is 0 Å². The standard InChI is InChI=1S/C18H25N3O/c1-14-12-16(22)8-9-17(14)21-13-19-11-10-18(21)20(2)15-6-4-3-5-7-15/h8-12,15,22H,3-7,13H2,1-2H3. The molecule has 0 bridgehead atoms. The van der Waals surface area contributed by atoms with E-state index in [1.807, 2.05) is 25.3 Å². The van der Waals surface area contributed by atoms with Crippen LogP contribution in [0, 0.1) is 6.92 Å². The molecule has 0 aromatic heterocycles. The fourth-order valence-corrected chi connectivity index (χ4v) is 3.52. The van der Waals surface area contributed by atoms with E-state index in [-0.39, 0.29) is 0 Å². The van der Waals surface area contributed by atoms with Gasteiger partial charge in [0.25, 0.3) is 0 Å². The first-order chi connectivity index (χ1) is 10.7. The zero-order valence-electron chi connectivity index (χ0n) is 13.5. The number of rotatable bonds is 3. The lowest BCUT2D eigenvalue weighted by Gasteiger charge is -2.40. The predicted molar refractivity (Wildman–Crippen MR) is 91.4 cm³/mol. The lowest BCUT2D eigenvalue weighted by atomic mass is 9.94. The molecule has 1 fully saturated rings. The maximum Gasteiger partial charge on any atom is 0.116 e. The van der Waals surface area contributed by atoms with E-state index < -0.39 is 0 Å². The van der Waals surface area contributed by atoms with Gasteiger partial charge in [0.05, 0.1) is 0 Å². The van der Waals surface area contributed by atoms with Crippen LogP contribution in [0.5, 0.6) is 5.75 Å². The number of aliphatic imine (C=N–C) groups is 1. The van der Waals surface area contributed by atoms with Crippen molar-refractivity contribution in [3.05, 3.63) is 35.7 Å². The van der Waals surface area contributed by atoms with Crippen LogP contribution in [0.3, 0.4) is 0 Å². The normalized spacial score (nSPS) is 19.2. The third kappa shape index (κ3) is 2.96. The molecule has 4 heteroatoms. The Morgan fingerprint density at radius 3 is 2.73 bits per heavy atom. The molecule has 0 radical (unpaired) electrons. The van der Waals surface area contributed by atoms with Crippen molar-refractivity contribution < 1.29 is 5.11 Å². The van der Waals surface area contributed by atoms with Crippen molar-refractivity contribution in [2.75, 3.05) is 18.6 Å². The number of allylic oxidation sites excluding steroid dienone is 1. The lowest BCUT2D eigenvalue weighted by molar-refractivity contribution is 0.231. The average molecular weight is 299 g/mol. The number of phenols is 1. The molecule has 1 N–H and O–H groups in total. The van der Waals surface area contributed by atoms with Gasteiger partial charge in [-0.3, -0.25) is 4.99 Å². The topological polar surface area (TPSA) is 39.1 Å². The first-order valence-electron chi connectivity index (χ1n) is 8.17. The zero-order valence-corrected chi connectivity index (χ0v) is 13.5. The minimum Gasteiger partial charge on any atom is -0.508 e. The van der Waals surface area contributed by atoms with Crippen LogP contribution >= 0.6 is 0 Å². The van der Waals surface area contributed by atoms with Gasteiger partial charge in [-0.15, -0.1) is 0 Å². The van der Waals surface area contributed by atoms with E-state index in [1.54, 1.807) is 6.07 Å². The van der Waals surface area contributed by atoms with E-state index >= 15 is 0 Å². The number of phenolic OH excluding ortho intramolecular Hbond substituents is 1. The summed E-state index contributed by atoms with van der Waals surface area (Å²) < 4.78 is 0. The van der Waals surface area contributed by atoms with E-state index in [0.717, 1.165) is 11.3 Å². The van der Waals surface area contributed by atoms with Crippen molar-refractivity contribution in [2.24, 2.45) is 4.99 Å². The molecule has 22 heavy (non-hydrogen) atoms. The third-order valence-electron chi connectivity index (χ3n) is 4.78. The van der Waals surface area contributed by atoms with E-state index in [0.29, 0.717) is 18.5 Å². The summed E-state index contributed by atoms with van der Waals surface area (Å²) >= 11 is 0. The molecule has 0 saturated heterocycles. The second-order valence-corrected chi connectivity index (χ2v) is 6.30. The van der Waals surface area contributed by atoms with Gasteiger partial charge in [-0.2, -0.15) is 0 Å². The quantitative estimate of drug-likeness (QED) is 0.926. The fourth-order valence-electron chi connectivity index (χ4n) is 3.52. The summed E-state index contributed by atoms with van der Waals surface area (Å²) in [5.74, 6) is 1.52. The van der Waals surface area contributed by atoms with Gasteiger partial charge >= 0.3 is 0 Å². The number of aryl methyl sites for hydroxylation is 1. The molecule has 1 saturated carbocycles. The summed E-state index contributed by atoms with van der Waals surface area (Å²) in [6.07, 6.45) is 10.6. The van der Waals surface area contributed by atoms with Crippen LogP contribution < -0.4 is 4.90 Å². The lowest BCUT2D eigenvalue weighted by Crippen LogP contribution is -2.41. The first-order valence-corrected chi connectivity index (χ1v) is 8.17. The summed E-state index contributed by atoms with van der Waals surface area (Å²) in [6, 6.07) is 6.16. The highest BCUT2D eigenvalue weighted by Gasteiger charge is 2.25. The smallest absolute Gasteiger partial charge is 0.116 e. The molecule has 118 valence electrons. The largest absolute Gasteiger partial charge is 0.508 e. The van der Waals surface area contributed by atoms with Crippen molar-refractivity contribution in [1.82, 2.24) is 4.90 Å². The average Bonchev–Trinajstić information content (AvgIpc) is 2.55. The van der Waals surface area contributed by atoms with Crippen molar-refractivity contribution in [3.8, 4) is 5.75 Å². The molecule has 4 nitrogen and oxygen atoms in total. The van der Waals surface area contributed by atoms with Crippen LogP contribution in [0.4, 0.5) is 5.69 Å². The number of aromatic hydroxyl groups is 1. The highest BCUT2D eigenvalue weighted by atomic mass is 16.3. The SMILES string of the molecule is Cc1cc(O)ccc1N1CN=CC=C1N(C)C1CCCCC1. The highest BCUT2D eigenvalue weighted by Crippen LogP contribution is 2.31. The summed E-state index contributed by atoms with van der Waals surface area (Å²) in [5, 5.41) is 9.64. The van der Waals surface area contributed by atoms with Gasteiger partial charge in [0, 0.05) is 25.0 Å². The molecule has 0 atom stereocenters. The second-order valence-electron chi connectivity index (χ2n) is 6.30. The highest BCUT2D eigenvalue weighted by molar-refractivity contribution is 5.76. The molecule has 0 amide bonds. The van der Waals surface area contributed by atoms with Crippen LogP contribution in [0.1, 0.15) is 37.7 Å². The minimum atomic E-state index is 0.313. The third-order valence-corrected chi connectivity index (χ3v) is 4.78. The molecular weight excluding hydrogens is 274 g/mol. The Kier molecular flexibility index (Phi) is 4.36. The zero-order chi connectivity index (χ0) is 15.5. The maximum absolute atomic E-state index is 9.64. The van der Waals surface area contributed by atoms with Gasteiger partial charge < -0.3 is 14.9 Å². The molecule has 3 rings (SSSR count).